The molecule has 2 heterocycles. The molecule has 1 fully saturated rings. The van der Waals surface area contributed by atoms with E-state index in [-0.39, 0.29) is 5.69 Å². The van der Waals surface area contributed by atoms with Crippen LogP contribution in [0, 0.1) is 17.0 Å². The molecule has 1 aromatic carbocycles. The zero-order chi connectivity index (χ0) is 17.6. The van der Waals surface area contributed by atoms with E-state index < -0.39 is 4.92 Å². The second kappa shape index (κ2) is 7.89. The second-order valence-electron chi connectivity index (χ2n) is 5.89. The summed E-state index contributed by atoms with van der Waals surface area (Å²) in [5, 5.41) is 10.8. The largest absolute Gasteiger partial charge is 0.492 e. The van der Waals surface area contributed by atoms with Gasteiger partial charge < -0.3 is 9.64 Å². The van der Waals surface area contributed by atoms with E-state index >= 15 is 0 Å². The van der Waals surface area contributed by atoms with Gasteiger partial charge in [-0.25, -0.2) is 9.97 Å². The summed E-state index contributed by atoms with van der Waals surface area (Å²) in [6, 6.07) is 8.22. The molecule has 0 atom stereocenters. The molecular formula is C17H21N5O3. The van der Waals surface area contributed by atoms with Gasteiger partial charge in [0.05, 0.1) is 11.0 Å². The molecule has 0 bridgehead atoms. The predicted molar refractivity (Wildman–Crippen MR) is 94.0 cm³/mol. The van der Waals surface area contributed by atoms with Crippen molar-refractivity contribution in [2.75, 3.05) is 44.2 Å². The smallest absolute Gasteiger partial charge is 0.273 e. The molecule has 0 aliphatic carbocycles. The number of piperazine rings is 1. The third kappa shape index (κ3) is 4.63. The van der Waals surface area contributed by atoms with Gasteiger partial charge in [0.25, 0.3) is 5.69 Å². The first-order valence-electron chi connectivity index (χ1n) is 8.26. The fourth-order valence-electron chi connectivity index (χ4n) is 2.80. The third-order valence-corrected chi connectivity index (χ3v) is 4.16. The van der Waals surface area contributed by atoms with E-state index in [1.165, 1.54) is 12.1 Å². The summed E-state index contributed by atoms with van der Waals surface area (Å²) in [4.78, 5) is 23.5. The van der Waals surface area contributed by atoms with Gasteiger partial charge in [0.2, 0.25) is 0 Å². The molecule has 0 radical (unpaired) electrons. The third-order valence-electron chi connectivity index (χ3n) is 4.16. The summed E-state index contributed by atoms with van der Waals surface area (Å²) >= 11 is 0. The van der Waals surface area contributed by atoms with Crippen LogP contribution in [0.25, 0.3) is 0 Å². The SMILES string of the molecule is Cc1nccc(N2CCN(CCOc3cccc([N+](=O)[O-])c3)CC2)n1. The highest BCUT2D eigenvalue weighted by Crippen LogP contribution is 2.19. The van der Waals surface area contributed by atoms with Crippen LogP contribution in [0.15, 0.2) is 36.5 Å². The van der Waals surface area contributed by atoms with Gasteiger partial charge in [-0.05, 0) is 19.1 Å². The minimum atomic E-state index is -0.416. The van der Waals surface area contributed by atoms with E-state index in [1.54, 1.807) is 18.3 Å². The van der Waals surface area contributed by atoms with Crippen LogP contribution in [0.3, 0.4) is 0 Å². The number of hydrogen-bond donors (Lipinski definition) is 0. The Hall–Kier alpha value is -2.74. The van der Waals surface area contributed by atoms with Crippen LogP contribution in [0.1, 0.15) is 5.82 Å². The number of hydrogen-bond acceptors (Lipinski definition) is 7. The average molecular weight is 343 g/mol. The van der Waals surface area contributed by atoms with Gasteiger partial charge in [-0.1, -0.05) is 6.07 Å². The summed E-state index contributed by atoms with van der Waals surface area (Å²) in [7, 11) is 0. The number of nitro benzene ring substituents is 1. The minimum Gasteiger partial charge on any atom is -0.492 e. The van der Waals surface area contributed by atoms with Gasteiger partial charge in [0.1, 0.15) is 24.0 Å². The number of nitro groups is 1. The molecule has 0 N–H and O–H groups in total. The lowest BCUT2D eigenvalue weighted by atomic mass is 10.3. The number of ether oxygens (including phenoxy) is 1. The molecule has 8 heteroatoms. The Balaban J connectivity index is 1.44. The van der Waals surface area contributed by atoms with E-state index in [4.69, 9.17) is 4.74 Å². The Kier molecular flexibility index (Phi) is 5.39. The lowest BCUT2D eigenvalue weighted by molar-refractivity contribution is -0.384. The fraction of sp³-hybridized carbons (Fsp3) is 0.412. The highest BCUT2D eigenvalue weighted by molar-refractivity contribution is 5.38. The maximum Gasteiger partial charge on any atom is 0.273 e. The predicted octanol–water partition coefficient (Wildman–Crippen LogP) is 1.89. The van der Waals surface area contributed by atoms with Gasteiger partial charge in [-0.2, -0.15) is 0 Å². The highest BCUT2D eigenvalue weighted by atomic mass is 16.6. The van der Waals surface area contributed by atoms with Crippen molar-refractivity contribution in [1.82, 2.24) is 14.9 Å². The van der Waals surface area contributed by atoms with Gasteiger partial charge >= 0.3 is 0 Å². The van der Waals surface area contributed by atoms with Crippen molar-refractivity contribution < 1.29 is 9.66 Å². The van der Waals surface area contributed by atoms with Crippen LogP contribution in [-0.2, 0) is 0 Å². The molecule has 8 nitrogen and oxygen atoms in total. The normalized spacial score (nSPS) is 15.2. The molecule has 1 aliphatic heterocycles. The van der Waals surface area contributed by atoms with Crippen LogP contribution >= 0.6 is 0 Å². The highest BCUT2D eigenvalue weighted by Gasteiger charge is 2.18. The lowest BCUT2D eigenvalue weighted by Gasteiger charge is -2.35. The fourth-order valence-corrected chi connectivity index (χ4v) is 2.80. The molecule has 1 aromatic heterocycles. The standard InChI is InChI=1S/C17H21N5O3/c1-14-18-6-5-17(19-14)21-9-7-20(8-10-21)11-12-25-16-4-2-3-15(13-16)22(23)24/h2-6,13H,7-12H2,1H3. The van der Waals surface area contributed by atoms with Crippen LogP contribution < -0.4 is 9.64 Å². The number of rotatable bonds is 6. The van der Waals surface area contributed by atoms with E-state index in [0.29, 0.717) is 12.4 Å². The Labute approximate surface area is 146 Å². The van der Waals surface area contributed by atoms with Crippen molar-refractivity contribution in [1.29, 1.82) is 0 Å². The molecule has 132 valence electrons. The molecule has 0 saturated carbocycles. The first-order valence-corrected chi connectivity index (χ1v) is 8.26. The Morgan fingerprint density at radius 3 is 2.76 bits per heavy atom. The zero-order valence-electron chi connectivity index (χ0n) is 14.2. The molecule has 25 heavy (non-hydrogen) atoms. The van der Waals surface area contributed by atoms with Crippen molar-refractivity contribution in [3.8, 4) is 5.75 Å². The number of nitrogens with zero attached hydrogens (tertiary/aromatic N) is 5. The first-order chi connectivity index (χ1) is 12.1. The van der Waals surface area contributed by atoms with Crippen LogP contribution in [-0.4, -0.2) is 59.1 Å². The summed E-state index contributed by atoms with van der Waals surface area (Å²) < 4.78 is 5.65. The van der Waals surface area contributed by atoms with Crippen LogP contribution in [0.5, 0.6) is 5.75 Å². The Bertz CT molecular complexity index is 732. The lowest BCUT2D eigenvalue weighted by Crippen LogP contribution is -2.47. The number of aromatic nitrogens is 2. The monoisotopic (exact) mass is 343 g/mol. The minimum absolute atomic E-state index is 0.0475. The second-order valence-corrected chi connectivity index (χ2v) is 5.89. The van der Waals surface area contributed by atoms with Crippen molar-refractivity contribution in [2.45, 2.75) is 6.92 Å². The summed E-state index contributed by atoms with van der Waals surface area (Å²) in [5.74, 6) is 2.29. The average Bonchev–Trinajstić information content (AvgIpc) is 2.62. The Morgan fingerprint density at radius 1 is 1.24 bits per heavy atom. The molecule has 0 amide bonds. The van der Waals surface area contributed by atoms with Gasteiger partial charge in [0, 0.05) is 45.0 Å². The summed E-state index contributed by atoms with van der Waals surface area (Å²) in [5.41, 5.74) is 0.0475. The molecule has 3 rings (SSSR count). The molecule has 0 unspecified atom stereocenters. The molecule has 0 spiro atoms. The Morgan fingerprint density at radius 2 is 2.04 bits per heavy atom. The van der Waals surface area contributed by atoms with Gasteiger partial charge in [-0.3, -0.25) is 15.0 Å². The van der Waals surface area contributed by atoms with E-state index in [2.05, 4.69) is 19.8 Å². The number of benzene rings is 1. The summed E-state index contributed by atoms with van der Waals surface area (Å²) in [6.07, 6.45) is 1.79. The van der Waals surface area contributed by atoms with Crippen molar-refractivity contribution in [3.63, 3.8) is 0 Å². The molecular weight excluding hydrogens is 322 g/mol. The van der Waals surface area contributed by atoms with Gasteiger partial charge in [-0.15, -0.1) is 0 Å². The molecule has 1 saturated heterocycles. The maximum atomic E-state index is 10.8. The number of aryl methyl sites for hydroxylation is 1. The van der Waals surface area contributed by atoms with Crippen molar-refractivity contribution >= 4 is 11.5 Å². The summed E-state index contributed by atoms with van der Waals surface area (Å²) in [6.45, 7) is 6.88. The number of anilines is 1. The quantitative estimate of drug-likeness (QED) is 0.585. The van der Waals surface area contributed by atoms with E-state index in [9.17, 15) is 10.1 Å². The molecule has 2 aromatic rings. The topological polar surface area (TPSA) is 84.6 Å². The van der Waals surface area contributed by atoms with E-state index in [0.717, 1.165) is 44.4 Å². The van der Waals surface area contributed by atoms with Crippen molar-refractivity contribution in [3.05, 3.63) is 52.5 Å². The van der Waals surface area contributed by atoms with Gasteiger partial charge in [0.15, 0.2) is 0 Å². The number of non-ortho nitro benzene ring substituents is 1. The molecule has 1 aliphatic rings. The zero-order valence-corrected chi connectivity index (χ0v) is 14.2. The van der Waals surface area contributed by atoms with E-state index in [1.807, 2.05) is 13.0 Å². The van der Waals surface area contributed by atoms with Crippen LogP contribution in [0.2, 0.25) is 0 Å². The maximum absolute atomic E-state index is 10.8. The van der Waals surface area contributed by atoms with Crippen LogP contribution in [0.4, 0.5) is 11.5 Å². The first kappa shape index (κ1) is 17.1. The van der Waals surface area contributed by atoms with Crippen molar-refractivity contribution in [2.24, 2.45) is 0 Å².